The summed E-state index contributed by atoms with van der Waals surface area (Å²) in [5.41, 5.74) is 1.62. The van der Waals surface area contributed by atoms with Crippen molar-refractivity contribution in [3.8, 4) is 0 Å². The highest BCUT2D eigenvalue weighted by Gasteiger charge is 2.08. The van der Waals surface area contributed by atoms with Crippen molar-refractivity contribution in [3.63, 3.8) is 0 Å². The Morgan fingerprint density at radius 3 is 3.00 bits per heavy atom. The second-order valence-electron chi connectivity index (χ2n) is 3.71. The predicted octanol–water partition coefficient (Wildman–Crippen LogP) is 3.64. The Kier molecular flexibility index (Phi) is 3.96. The Hall–Kier alpha value is -0.720. The summed E-state index contributed by atoms with van der Waals surface area (Å²) >= 11 is 8.37. The van der Waals surface area contributed by atoms with Gasteiger partial charge in [-0.3, -0.25) is 0 Å². The van der Waals surface area contributed by atoms with E-state index in [0.717, 1.165) is 17.5 Å². The first kappa shape index (κ1) is 12.7. The Morgan fingerprint density at radius 2 is 2.29 bits per heavy atom. The molecule has 1 aromatic heterocycles. The minimum Gasteiger partial charge on any atom is -0.385 e. The number of nitrogens with one attached hydrogen (secondary N) is 1. The molecule has 0 fully saturated rings. The molecular weight excluding hydrogens is 307 g/mol. The van der Waals surface area contributed by atoms with E-state index in [-0.39, 0.29) is 5.82 Å². The number of benzene rings is 1. The number of rotatable bonds is 4. The molecule has 2 aromatic rings. The molecule has 0 atom stereocenters. The van der Waals surface area contributed by atoms with Gasteiger partial charge in [-0.1, -0.05) is 0 Å². The van der Waals surface area contributed by atoms with Crippen molar-refractivity contribution in [1.82, 2.24) is 9.55 Å². The van der Waals surface area contributed by atoms with Crippen LogP contribution < -0.4 is 0 Å². The van der Waals surface area contributed by atoms with Crippen LogP contribution in [0, 0.1) is 10.6 Å². The molecule has 2 rings (SSSR count). The molecule has 0 spiro atoms. The number of aromatic amines is 1. The van der Waals surface area contributed by atoms with Gasteiger partial charge >= 0.3 is 0 Å². The first-order valence-corrected chi connectivity index (χ1v) is 6.40. The minimum atomic E-state index is -0.285. The van der Waals surface area contributed by atoms with E-state index in [9.17, 15) is 4.39 Å². The Bertz CT molecular complexity index is 593. The van der Waals surface area contributed by atoms with Gasteiger partial charge in [-0.2, -0.15) is 0 Å². The smallest absolute Gasteiger partial charge is 0.178 e. The van der Waals surface area contributed by atoms with E-state index in [1.165, 1.54) is 6.07 Å². The zero-order chi connectivity index (χ0) is 12.4. The summed E-state index contributed by atoms with van der Waals surface area (Å²) in [4.78, 5) is 3.06. The van der Waals surface area contributed by atoms with Gasteiger partial charge in [0.05, 0.1) is 15.5 Å². The van der Waals surface area contributed by atoms with Crippen molar-refractivity contribution in [3.05, 3.63) is 27.2 Å². The maximum absolute atomic E-state index is 13.5. The first-order chi connectivity index (χ1) is 8.13. The third kappa shape index (κ3) is 2.59. The number of hydrogen-bond acceptors (Lipinski definition) is 2. The number of halogens is 2. The van der Waals surface area contributed by atoms with Crippen molar-refractivity contribution in [1.29, 1.82) is 0 Å². The van der Waals surface area contributed by atoms with Crippen LogP contribution in [0.5, 0.6) is 0 Å². The number of methoxy groups -OCH3 is 1. The minimum absolute atomic E-state index is 0.285. The first-order valence-electron chi connectivity index (χ1n) is 5.20. The van der Waals surface area contributed by atoms with Crippen molar-refractivity contribution in [2.45, 2.75) is 13.0 Å². The molecule has 0 aliphatic rings. The standard InChI is InChI=1S/C11H12BrFN2OS/c1-16-4-2-3-15-10-6-8(13)7(12)5-9(10)14-11(15)17/h5-6H,2-4H2,1H3,(H,14,17). The number of aromatic nitrogens is 2. The Morgan fingerprint density at radius 1 is 1.53 bits per heavy atom. The maximum Gasteiger partial charge on any atom is 0.178 e. The summed E-state index contributed by atoms with van der Waals surface area (Å²) < 4.78 is 21.4. The van der Waals surface area contributed by atoms with Crippen molar-refractivity contribution in [2.75, 3.05) is 13.7 Å². The van der Waals surface area contributed by atoms with Gasteiger partial charge in [0.1, 0.15) is 5.82 Å². The fourth-order valence-corrected chi connectivity index (χ4v) is 2.38. The summed E-state index contributed by atoms with van der Waals surface area (Å²) in [5.74, 6) is -0.285. The number of hydrogen-bond donors (Lipinski definition) is 1. The average Bonchev–Trinajstić information content (AvgIpc) is 2.57. The van der Waals surface area contributed by atoms with E-state index in [4.69, 9.17) is 17.0 Å². The van der Waals surface area contributed by atoms with Crippen LogP contribution >= 0.6 is 28.1 Å². The highest BCUT2D eigenvalue weighted by molar-refractivity contribution is 9.10. The van der Waals surface area contributed by atoms with Gasteiger partial charge < -0.3 is 14.3 Å². The van der Waals surface area contributed by atoms with E-state index < -0.39 is 0 Å². The summed E-state index contributed by atoms with van der Waals surface area (Å²) in [6, 6.07) is 3.19. The number of fused-ring (bicyclic) bond motifs is 1. The van der Waals surface area contributed by atoms with Gasteiger partial charge in [-0.25, -0.2) is 4.39 Å². The van der Waals surface area contributed by atoms with Gasteiger partial charge in [0, 0.05) is 26.3 Å². The molecule has 1 aromatic carbocycles. The third-order valence-electron chi connectivity index (χ3n) is 2.55. The molecular formula is C11H12BrFN2OS. The molecule has 0 aliphatic heterocycles. The number of aryl methyl sites for hydroxylation is 1. The lowest BCUT2D eigenvalue weighted by molar-refractivity contribution is 0.190. The fraction of sp³-hybridized carbons (Fsp3) is 0.364. The maximum atomic E-state index is 13.5. The molecule has 0 saturated carbocycles. The molecule has 0 radical (unpaired) electrons. The summed E-state index contributed by atoms with van der Waals surface area (Å²) in [6.07, 6.45) is 0.843. The van der Waals surface area contributed by atoms with Crippen molar-refractivity contribution in [2.24, 2.45) is 0 Å². The molecule has 17 heavy (non-hydrogen) atoms. The highest BCUT2D eigenvalue weighted by Crippen LogP contribution is 2.23. The molecule has 0 aliphatic carbocycles. The lowest BCUT2D eigenvalue weighted by atomic mass is 10.3. The van der Waals surface area contributed by atoms with Crippen LogP contribution in [0.1, 0.15) is 6.42 Å². The zero-order valence-electron chi connectivity index (χ0n) is 9.30. The van der Waals surface area contributed by atoms with Crippen LogP contribution in [0.3, 0.4) is 0 Å². The summed E-state index contributed by atoms with van der Waals surface area (Å²) in [5, 5.41) is 0. The summed E-state index contributed by atoms with van der Waals surface area (Å²) in [6.45, 7) is 1.38. The van der Waals surface area contributed by atoms with Gasteiger partial charge in [0.15, 0.2) is 4.77 Å². The summed E-state index contributed by atoms with van der Waals surface area (Å²) in [7, 11) is 1.66. The lowest BCUT2D eigenvalue weighted by Crippen LogP contribution is -2.01. The van der Waals surface area contributed by atoms with Gasteiger partial charge in [0.25, 0.3) is 0 Å². The SMILES string of the molecule is COCCCn1c(=S)[nH]c2cc(Br)c(F)cc21. The van der Waals surface area contributed by atoms with Crippen LogP contribution in [-0.2, 0) is 11.3 Å². The number of imidazole rings is 1. The van der Waals surface area contributed by atoms with Gasteiger partial charge in [-0.15, -0.1) is 0 Å². The second-order valence-corrected chi connectivity index (χ2v) is 4.95. The monoisotopic (exact) mass is 318 g/mol. The second kappa shape index (κ2) is 5.29. The van der Waals surface area contributed by atoms with E-state index in [0.29, 0.717) is 22.4 Å². The van der Waals surface area contributed by atoms with E-state index >= 15 is 0 Å². The topological polar surface area (TPSA) is 29.9 Å². The fourth-order valence-electron chi connectivity index (χ4n) is 1.74. The lowest BCUT2D eigenvalue weighted by Gasteiger charge is -2.04. The molecule has 0 amide bonds. The molecule has 0 unspecified atom stereocenters. The van der Waals surface area contributed by atoms with Crippen LogP contribution in [-0.4, -0.2) is 23.3 Å². The molecule has 6 heteroatoms. The van der Waals surface area contributed by atoms with Crippen LogP contribution in [0.15, 0.2) is 16.6 Å². The third-order valence-corrected chi connectivity index (χ3v) is 3.48. The van der Waals surface area contributed by atoms with E-state index in [1.807, 2.05) is 4.57 Å². The highest BCUT2D eigenvalue weighted by atomic mass is 79.9. The number of H-pyrrole nitrogens is 1. The van der Waals surface area contributed by atoms with Crippen LogP contribution in [0.25, 0.3) is 11.0 Å². The van der Waals surface area contributed by atoms with Gasteiger partial charge in [0.2, 0.25) is 0 Å². The average molecular weight is 319 g/mol. The molecule has 0 saturated heterocycles. The van der Waals surface area contributed by atoms with Crippen molar-refractivity contribution >= 4 is 39.2 Å². The predicted molar refractivity (Wildman–Crippen MR) is 71.3 cm³/mol. The normalized spacial score (nSPS) is 11.2. The largest absolute Gasteiger partial charge is 0.385 e. The van der Waals surface area contributed by atoms with E-state index in [2.05, 4.69) is 20.9 Å². The Balaban J connectivity index is 2.44. The van der Waals surface area contributed by atoms with Crippen LogP contribution in [0.4, 0.5) is 4.39 Å². The van der Waals surface area contributed by atoms with E-state index in [1.54, 1.807) is 13.2 Å². The van der Waals surface area contributed by atoms with Gasteiger partial charge in [-0.05, 0) is 40.6 Å². The van der Waals surface area contributed by atoms with Crippen molar-refractivity contribution < 1.29 is 9.13 Å². The zero-order valence-corrected chi connectivity index (χ0v) is 11.7. The number of ether oxygens (including phenoxy) is 1. The molecule has 0 bridgehead atoms. The molecule has 1 N–H and O–H groups in total. The van der Waals surface area contributed by atoms with Crippen LogP contribution in [0.2, 0.25) is 0 Å². The Labute approximate surface area is 112 Å². The quantitative estimate of drug-likeness (QED) is 0.689. The molecule has 92 valence electrons. The molecule has 3 nitrogen and oxygen atoms in total. The number of nitrogens with zero attached hydrogens (tertiary/aromatic N) is 1. The molecule has 1 heterocycles.